The van der Waals surface area contributed by atoms with Crippen molar-refractivity contribution in [2.75, 3.05) is 6.61 Å². The van der Waals surface area contributed by atoms with E-state index in [4.69, 9.17) is 5.11 Å². The van der Waals surface area contributed by atoms with Crippen LogP contribution < -0.4 is 0 Å². The van der Waals surface area contributed by atoms with Crippen molar-refractivity contribution in [3.8, 4) is 0 Å². The van der Waals surface area contributed by atoms with E-state index in [-0.39, 0.29) is 0 Å². The molecule has 1 nitrogen and oxygen atoms in total. The van der Waals surface area contributed by atoms with Gasteiger partial charge in [0, 0.05) is 6.61 Å². The van der Waals surface area contributed by atoms with Crippen LogP contribution in [0.3, 0.4) is 0 Å². The molecule has 0 radical (unpaired) electrons. The van der Waals surface area contributed by atoms with Crippen LogP contribution in [0.4, 0.5) is 0 Å². The van der Waals surface area contributed by atoms with Gasteiger partial charge in [0.05, 0.1) is 0 Å². The zero-order chi connectivity index (χ0) is 10.3. The number of rotatable bonds is 7. The molecule has 0 saturated heterocycles. The number of aliphatic hydroxyl groups excluding tert-OH is 1. The molecule has 1 N–H and O–H groups in total. The maximum absolute atomic E-state index is 8.78. The number of allylic oxidation sites excluding steroid dienone is 2. The summed E-state index contributed by atoms with van der Waals surface area (Å²) in [4.78, 5) is 0. The molecule has 0 aromatic heterocycles. The van der Waals surface area contributed by atoms with E-state index < -0.39 is 0 Å². The third-order valence-electron chi connectivity index (χ3n) is 3.39. The molecule has 0 aromatic rings. The fourth-order valence-electron chi connectivity index (χ4n) is 2.45. The lowest BCUT2D eigenvalue weighted by Gasteiger charge is -2.27. The van der Waals surface area contributed by atoms with Crippen molar-refractivity contribution < 1.29 is 5.11 Å². The molecule has 0 bridgehead atoms. The van der Waals surface area contributed by atoms with Crippen LogP contribution >= 0.6 is 0 Å². The minimum absolute atomic E-state index is 0.355. The second-order valence-electron chi connectivity index (χ2n) is 4.59. The van der Waals surface area contributed by atoms with Crippen molar-refractivity contribution in [1.29, 1.82) is 0 Å². The van der Waals surface area contributed by atoms with Crippen molar-refractivity contribution in [1.82, 2.24) is 0 Å². The van der Waals surface area contributed by atoms with Crippen molar-refractivity contribution in [3.63, 3.8) is 0 Å². The fraction of sp³-hybridized carbons (Fsp3) is 0.846. The molecular formula is C13H24O. The molecule has 0 aromatic carbocycles. The molecule has 82 valence electrons. The van der Waals surface area contributed by atoms with Crippen LogP contribution in [-0.4, -0.2) is 11.7 Å². The first-order valence-corrected chi connectivity index (χ1v) is 6.11. The van der Waals surface area contributed by atoms with Gasteiger partial charge in [-0.2, -0.15) is 0 Å². The summed E-state index contributed by atoms with van der Waals surface area (Å²) in [7, 11) is 0. The monoisotopic (exact) mass is 196 g/mol. The molecule has 1 heteroatoms. The first kappa shape index (κ1) is 11.8. The lowest BCUT2D eigenvalue weighted by atomic mass is 9.78. The Balaban J connectivity index is 2.33. The summed E-state index contributed by atoms with van der Waals surface area (Å²) in [6.07, 6.45) is 14.8. The summed E-state index contributed by atoms with van der Waals surface area (Å²) in [6.45, 7) is 2.62. The van der Waals surface area contributed by atoms with Crippen molar-refractivity contribution in [2.24, 2.45) is 5.41 Å². The van der Waals surface area contributed by atoms with E-state index in [2.05, 4.69) is 19.1 Å². The second kappa shape index (κ2) is 6.23. The van der Waals surface area contributed by atoms with Gasteiger partial charge >= 0.3 is 0 Å². The molecule has 0 saturated carbocycles. The van der Waals surface area contributed by atoms with Crippen LogP contribution in [-0.2, 0) is 0 Å². The van der Waals surface area contributed by atoms with Crippen LogP contribution in [0, 0.1) is 5.41 Å². The van der Waals surface area contributed by atoms with Crippen molar-refractivity contribution >= 4 is 0 Å². The van der Waals surface area contributed by atoms with Crippen molar-refractivity contribution in [2.45, 2.75) is 58.3 Å². The summed E-state index contributed by atoms with van der Waals surface area (Å²) >= 11 is 0. The number of hydrogen-bond acceptors (Lipinski definition) is 1. The van der Waals surface area contributed by atoms with Crippen LogP contribution in [0.15, 0.2) is 12.2 Å². The number of unbranched alkanes of at least 4 members (excludes halogenated alkanes) is 2. The third kappa shape index (κ3) is 3.45. The van der Waals surface area contributed by atoms with Gasteiger partial charge in [-0.05, 0) is 37.5 Å². The standard InChI is InChI=1S/C13H24O/c1-2-3-8-13(9-4-5-10-13)11-6-7-12-14/h4,9,14H,2-3,5-8,10-12H2,1H3. The zero-order valence-corrected chi connectivity index (χ0v) is 9.47. The summed E-state index contributed by atoms with van der Waals surface area (Å²) < 4.78 is 0. The molecule has 1 unspecified atom stereocenters. The Morgan fingerprint density at radius 1 is 1.21 bits per heavy atom. The predicted molar refractivity (Wildman–Crippen MR) is 61.3 cm³/mol. The molecule has 1 rings (SSSR count). The lowest BCUT2D eigenvalue weighted by molar-refractivity contribution is 0.253. The molecule has 0 aliphatic heterocycles. The summed E-state index contributed by atoms with van der Waals surface area (Å²) in [5, 5.41) is 8.78. The van der Waals surface area contributed by atoms with Gasteiger partial charge in [0.15, 0.2) is 0 Å². The van der Waals surface area contributed by atoms with Gasteiger partial charge in [-0.3, -0.25) is 0 Å². The first-order valence-electron chi connectivity index (χ1n) is 6.11. The summed E-state index contributed by atoms with van der Waals surface area (Å²) in [5.74, 6) is 0. The molecule has 0 amide bonds. The highest BCUT2D eigenvalue weighted by molar-refractivity contribution is 5.06. The average Bonchev–Trinajstić information content (AvgIpc) is 2.65. The van der Waals surface area contributed by atoms with Gasteiger partial charge in [-0.1, -0.05) is 38.3 Å². The van der Waals surface area contributed by atoms with Gasteiger partial charge in [0.25, 0.3) is 0 Å². The smallest absolute Gasteiger partial charge is 0.0431 e. The maximum Gasteiger partial charge on any atom is 0.0431 e. The van der Waals surface area contributed by atoms with E-state index in [1.54, 1.807) is 0 Å². The normalized spacial score (nSPS) is 25.9. The SMILES string of the molecule is CCCCC1(CCCCO)C=CCC1. The van der Waals surface area contributed by atoms with Gasteiger partial charge < -0.3 is 5.11 Å². The minimum atomic E-state index is 0.355. The van der Waals surface area contributed by atoms with Crippen LogP contribution in [0.25, 0.3) is 0 Å². The first-order chi connectivity index (χ1) is 6.83. The largest absolute Gasteiger partial charge is 0.396 e. The molecule has 1 atom stereocenters. The lowest BCUT2D eigenvalue weighted by Crippen LogP contribution is -2.15. The molecular weight excluding hydrogens is 172 g/mol. The quantitative estimate of drug-likeness (QED) is 0.486. The van der Waals surface area contributed by atoms with E-state index in [9.17, 15) is 0 Å². The van der Waals surface area contributed by atoms with E-state index in [1.165, 1.54) is 44.9 Å². The highest BCUT2D eigenvalue weighted by Gasteiger charge is 2.27. The van der Waals surface area contributed by atoms with Crippen LogP contribution in [0.2, 0.25) is 0 Å². The van der Waals surface area contributed by atoms with E-state index in [1.807, 2.05) is 0 Å². The van der Waals surface area contributed by atoms with Gasteiger partial charge in [-0.25, -0.2) is 0 Å². The summed E-state index contributed by atoms with van der Waals surface area (Å²) in [6, 6.07) is 0. The van der Waals surface area contributed by atoms with E-state index in [0.717, 1.165) is 6.42 Å². The van der Waals surface area contributed by atoms with E-state index >= 15 is 0 Å². The second-order valence-corrected chi connectivity index (χ2v) is 4.59. The zero-order valence-electron chi connectivity index (χ0n) is 9.47. The highest BCUT2D eigenvalue weighted by Crippen LogP contribution is 2.41. The molecule has 0 heterocycles. The molecule has 14 heavy (non-hydrogen) atoms. The number of hydrogen-bond donors (Lipinski definition) is 1. The fourth-order valence-corrected chi connectivity index (χ4v) is 2.45. The predicted octanol–water partition coefficient (Wildman–Crippen LogP) is 3.68. The topological polar surface area (TPSA) is 20.2 Å². The molecule has 1 aliphatic carbocycles. The van der Waals surface area contributed by atoms with Crippen LogP contribution in [0.5, 0.6) is 0 Å². The average molecular weight is 196 g/mol. The van der Waals surface area contributed by atoms with Crippen molar-refractivity contribution in [3.05, 3.63) is 12.2 Å². The van der Waals surface area contributed by atoms with Gasteiger partial charge in [0.1, 0.15) is 0 Å². The Hall–Kier alpha value is -0.300. The Bertz CT molecular complexity index is 174. The maximum atomic E-state index is 8.78. The Kier molecular flexibility index (Phi) is 5.24. The van der Waals surface area contributed by atoms with Gasteiger partial charge in [-0.15, -0.1) is 0 Å². The Labute approximate surface area is 88.2 Å². The Morgan fingerprint density at radius 3 is 2.57 bits per heavy atom. The third-order valence-corrected chi connectivity index (χ3v) is 3.39. The molecule has 0 spiro atoms. The Morgan fingerprint density at radius 2 is 2.00 bits per heavy atom. The molecule has 1 aliphatic rings. The summed E-state index contributed by atoms with van der Waals surface area (Å²) in [5.41, 5.74) is 0.505. The van der Waals surface area contributed by atoms with Gasteiger partial charge in [0.2, 0.25) is 0 Å². The molecule has 0 fully saturated rings. The number of aliphatic hydroxyl groups is 1. The minimum Gasteiger partial charge on any atom is -0.396 e. The van der Waals surface area contributed by atoms with E-state index in [0.29, 0.717) is 12.0 Å². The van der Waals surface area contributed by atoms with Crippen LogP contribution in [0.1, 0.15) is 58.3 Å². The highest BCUT2D eigenvalue weighted by atomic mass is 16.2.